The van der Waals surface area contributed by atoms with Gasteiger partial charge in [-0.25, -0.2) is 4.79 Å². The van der Waals surface area contributed by atoms with Gasteiger partial charge in [0, 0.05) is 20.3 Å². The number of rotatable bonds is 7. The van der Waals surface area contributed by atoms with Crippen molar-refractivity contribution in [2.75, 3.05) is 14.1 Å². The molecule has 106 valence electrons. The molecule has 6 nitrogen and oxygen atoms in total. The molecule has 0 aromatic carbocycles. The maximum Gasteiger partial charge on any atom is 0.366 e. The molecule has 0 bridgehead atoms. The van der Waals surface area contributed by atoms with Crippen molar-refractivity contribution in [1.82, 2.24) is 0 Å². The number of carboxylic acids is 2. The van der Waals surface area contributed by atoms with Crippen LogP contribution in [0, 0.1) is 0 Å². The first-order chi connectivity index (χ1) is 7.92. The van der Waals surface area contributed by atoms with Crippen LogP contribution in [-0.4, -0.2) is 51.9 Å². The highest BCUT2D eigenvalue weighted by atomic mass is 16.4. The smallest absolute Gasteiger partial charge is 0.366 e. The number of likely N-dealkylation sites (N-methyl/N-ethyl adjacent to an activating group) is 1. The second-order valence-corrected chi connectivity index (χ2v) is 5.71. The highest BCUT2D eigenvalue weighted by Crippen LogP contribution is 2.34. The van der Waals surface area contributed by atoms with Crippen molar-refractivity contribution in [3.8, 4) is 0 Å². The molecule has 0 aliphatic rings. The zero-order valence-electron chi connectivity index (χ0n) is 11.9. The number of aliphatic carboxylic acids is 2. The van der Waals surface area contributed by atoms with E-state index in [0.717, 1.165) is 6.42 Å². The van der Waals surface area contributed by atoms with Crippen molar-refractivity contribution < 1.29 is 24.3 Å². The van der Waals surface area contributed by atoms with Crippen LogP contribution in [0.15, 0.2) is 0 Å². The van der Waals surface area contributed by atoms with Crippen LogP contribution in [0.5, 0.6) is 0 Å². The van der Waals surface area contributed by atoms with Gasteiger partial charge in [0.1, 0.15) is 12.1 Å². The van der Waals surface area contributed by atoms with E-state index in [2.05, 4.69) is 0 Å². The lowest BCUT2D eigenvalue weighted by atomic mass is 9.87. The van der Waals surface area contributed by atoms with Crippen LogP contribution < -0.4 is 5.73 Å². The summed E-state index contributed by atoms with van der Waals surface area (Å²) in [5.41, 5.74) is 3.94. The molecule has 2 atom stereocenters. The molecule has 0 aromatic heterocycles. The highest BCUT2D eigenvalue weighted by molar-refractivity contribution is 5.83. The molecule has 18 heavy (non-hydrogen) atoms. The lowest BCUT2D eigenvalue weighted by molar-refractivity contribution is -0.976. The van der Waals surface area contributed by atoms with Crippen molar-refractivity contribution in [3.05, 3.63) is 0 Å². The quantitative estimate of drug-likeness (QED) is 0.466. The largest absolute Gasteiger partial charge is 0.481 e. The minimum absolute atomic E-state index is 0.0878. The lowest BCUT2D eigenvalue weighted by Gasteiger charge is -2.52. The van der Waals surface area contributed by atoms with E-state index in [1.807, 2.05) is 6.92 Å². The SMILES string of the molecule is CCCC(C)(N)[N+](C)(C)C(C)(CC(=O)O)C(=O)O. The molecule has 0 saturated heterocycles. The third kappa shape index (κ3) is 2.81. The summed E-state index contributed by atoms with van der Waals surface area (Å²) in [5, 5.41) is 18.4. The Kier molecular flexibility index (Phi) is 4.91. The van der Waals surface area contributed by atoms with Crippen LogP contribution in [0.4, 0.5) is 0 Å². The number of hydrogen-bond acceptors (Lipinski definition) is 3. The van der Waals surface area contributed by atoms with Crippen LogP contribution in [-0.2, 0) is 9.59 Å². The van der Waals surface area contributed by atoms with E-state index in [-0.39, 0.29) is 4.48 Å². The molecule has 0 saturated carbocycles. The molecule has 0 aliphatic heterocycles. The third-order valence-electron chi connectivity index (χ3n) is 4.22. The zero-order chi connectivity index (χ0) is 14.8. The van der Waals surface area contributed by atoms with Crippen molar-refractivity contribution in [2.45, 2.75) is 51.2 Å². The van der Waals surface area contributed by atoms with Crippen LogP contribution in [0.2, 0.25) is 0 Å². The zero-order valence-corrected chi connectivity index (χ0v) is 11.9. The summed E-state index contributed by atoms with van der Waals surface area (Å²) in [6.45, 7) is 5.16. The molecule has 0 amide bonds. The monoisotopic (exact) mass is 261 g/mol. The van der Waals surface area contributed by atoms with E-state index in [1.165, 1.54) is 6.92 Å². The molecule has 0 aliphatic carbocycles. The molecular weight excluding hydrogens is 236 g/mol. The molecule has 0 heterocycles. The number of nitrogens with two attached hydrogens (primary N) is 1. The Morgan fingerprint density at radius 1 is 1.22 bits per heavy atom. The number of nitrogens with zero attached hydrogens (tertiary/aromatic N) is 1. The molecule has 0 aromatic rings. The van der Waals surface area contributed by atoms with Crippen LogP contribution in [0.3, 0.4) is 0 Å². The van der Waals surface area contributed by atoms with Crippen LogP contribution >= 0.6 is 0 Å². The van der Waals surface area contributed by atoms with Gasteiger partial charge in [0.05, 0.1) is 14.1 Å². The molecule has 0 rings (SSSR count). The summed E-state index contributed by atoms with van der Waals surface area (Å²) in [6.07, 6.45) is 0.950. The predicted octanol–water partition coefficient (Wildman–Crippen LogP) is 0.856. The van der Waals surface area contributed by atoms with E-state index < -0.39 is 29.6 Å². The Balaban J connectivity index is 5.60. The Bertz CT molecular complexity index is 339. The van der Waals surface area contributed by atoms with Gasteiger partial charge in [0.25, 0.3) is 0 Å². The molecule has 0 spiro atoms. The van der Waals surface area contributed by atoms with Gasteiger partial charge in [0.2, 0.25) is 5.54 Å². The summed E-state index contributed by atoms with van der Waals surface area (Å²) in [6, 6.07) is 0. The van der Waals surface area contributed by atoms with Gasteiger partial charge in [0.15, 0.2) is 0 Å². The van der Waals surface area contributed by atoms with Crippen LogP contribution in [0.1, 0.15) is 40.0 Å². The van der Waals surface area contributed by atoms with Gasteiger partial charge in [-0.1, -0.05) is 6.92 Å². The average Bonchev–Trinajstić information content (AvgIpc) is 2.15. The van der Waals surface area contributed by atoms with Crippen LogP contribution in [0.25, 0.3) is 0 Å². The maximum absolute atomic E-state index is 11.5. The normalized spacial score (nSPS) is 18.8. The van der Waals surface area contributed by atoms with E-state index in [4.69, 9.17) is 10.8 Å². The summed E-state index contributed by atoms with van der Waals surface area (Å²) in [7, 11) is 3.35. The van der Waals surface area contributed by atoms with Gasteiger partial charge < -0.3 is 10.2 Å². The minimum Gasteiger partial charge on any atom is -0.481 e. The Hall–Kier alpha value is -1.14. The predicted molar refractivity (Wildman–Crippen MR) is 67.9 cm³/mol. The fraction of sp³-hybridized carbons (Fsp3) is 0.833. The first-order valence-corrected chi connectivity index (χ1v) is 6.00. The number of quaternary nitrogens is 1. The molecule has 0 radical (unpaired) electrons. The summed E-state index contributed by atoms with van der Waals surface area (Å²) in [5.74, 6) is -2.29. The van der Waals surface area contributed by atoms with Crippen molar-refractivity contribution in [3.63, 3.8) is 0 Å². The van der Waals surface area contributed by atoms with Gasteiger partial charge in [-0.15, -0.1) is 0 Å². The second kappa shape index (κ2) is 5.24. The molecule has 0 fully saturated rings. The van der Waals surface area contributed by atoms with Gasteiger partial charge in [-0.2, -0.15) is 0 Å². The van der Waals surface area contributed by atoms with E-state index in [9.17, 15) is 14.7 Å². The molecular formula is C12H25N2O4+. The van der Waals surface area contributed by atoms with Crippen molar-refractivity contribution in [2.24, 2.45) is 5.73 Å². The lowest BCUT2D eigenvalue weighted by Crippen LogP contribution is -2.75. The highest BCUT2D eigenvalue weighted by Gasteiger charge is 2.56. The number of carbonyl (C=O) groups is 2. The minimum atomic E-state index is -1.47. The molecule has 2 unspecified atom stereocenters. The van der Waals surface area contributed by atoms with Gasteiger partial charge in [-0.3, -0.25) is 15.0 Å². The molecule has 4 N–H and O–H groups in total. The van der Waals surface area contributed by atoms with Crippen molar-refractivity contribution >= 4 is 11.9 Å². The first kappa shape index (κ1) is 16.9. The van der Waals surface area contributed by atoms with Crippen molar-refractivity contribution in [1.29, 1.82) is 0 Å². The maximum atomic E-state index is 11.5. The molecule has 6 heteroatoms. The van der Waals surface area contributed by atoms with Gasteiger partial charge in [-0.05, 0) is 6.42 Å². The second-order valence-electron chi connectivity index (χ2n) is 5.71. The Morgan fingerprint density at radius 3 is 1.94 bits per heavy atom. The van der Waals surface area contributed by atoms with E-state index >= 15 is 0 Å². The number of hydrogen-bond donors (Lipinski definition) is 3. The number of carboxylic acid groups (broad SMARTS) is 2. The van der Waals surface area contributed by atoms with Gasteiger partial charge >= 0.3 is 11.9 Å². The van der Waals surface area contributed by atoms with E-state index in [0.29, 0.717) is 6.42 Å². The third-order valence-corrected chi connectivity index (χ3v) is 4.22. The summed E-state index contributed by atoms with van der Waals surface area (Å²) >= 11 is 0. The average molecular weight is 261 g/mol. The summed E-state index contributed by atoms with van der Waals surface area (Å²) in [4.78, 5) is 22.5. The standard InChI is InChI=1S/C12H24N2O4/c1-6-7-12(3,13)14(4,5)11(2,10(17)18)8-9(15)16/h6-8,13H2,1-5H3,(H-,15,16,17,18)/p+1. The fourth-order valence-electron chi connectivity index (χ4n) is 2.16. The van der Waals surface area contributed by atoms with E-state index in [1.54, 1.807) is 21.0 Å². The Morgan fingerprint density at radius 2 is 1.67 bits per heavy atom. The topological polar surface area (TPSA) is 101 Å². The first-order valence-electron chi connectivity index (χ1n) is 6.00. The summed E-state index contributed by atoms with van der Waals surface area (Å²) < 4.78 is -0.0878. The Labute approximate surface area is 108 Å². The fourth-order valence-corrected chi connectivity index (χ4v) is 2.16.